The molecule has 2 fully saturated rings. The Morgan fingerprint density at radius 1 is 1.16 bits per heavy atom. The summed E-state index contributed by atoms with van der Waals surface area (Å²) in [6.45, 7) is 6.95. The van der Waals surface area contributed by atoms with Crippen molar-refractivity contribution in [3.05, 3.63) is 0 Å². The van der Waals surface area contributed by atoms with Crippen LogP contribution in [-0.4, -0.2) is 47.9 Å². The number of amides is 1. The Morgan fingerprint density at radius 2 is 1.74 bits per heavy atom. The Balaban J connectivity index is 2.01. The summed E-state index contributed by atoms with van der Waals surface area (Å²) in [5.41, 5.74) is 5.48. The van der Waals surface area contributed by atoms with Crippen LogP contribution in [0.3, 0.4) is 0 Å². The monoisotopic (exact) mass is 270 g/mol. The zero-order valence-corrected chi connectivity index (χ0v) is 12.2. The molecule has 1 heterocycles. The van der Waals surface area contributed by atoms with Crippen molar-refractivity contribution in [2.75, 3.05) is 13.2 Å². The van der Waals surface area contributed by atoms with Crippen LogP contribution in [0.25, 0.3) is 0 Å². The number of hydrogen-bond donors (Lipinski definition) is 1. The van der Waals surface area contributed by atoms with Gasteiger partial charge in [0.05, 0.1) is 19.3 Å². The second-order valence-corrected chi connectivity index (χ2v) is 6.65. The summed E-state index contributed by atoms with van der Waals surface area (Å²) in [6, 6.07) is 0.715. The van der Waals surface area contributed by atoms with E-state index in [1.807, 2.05) is 25.7 Å². The highest BCUT2D eigenvalue weighted by Crippen LogP contribution is 2.27. The van der Waals surface area contributed by atoms with Crippen molar-refractivity contribution in [2.45, 2.75) is 70.2 Å². The van der Waals surface area contributed by atoms with Gasteiger partial charge in [-0.1, -0.05) is 0 Å². The first kappa shape index (κ1) is 14.6. The maximum Gasteiger partial charge on any atom is 0.410 e. The second kappa shape index (κ2) is 5.67. The van der Waals surface area contributed by atoms with Crippen LogP contribution >= 0.6 is 0 Å². The molecule has 0 unspecified atom stereocenters. The van der Waals surface area contributed by atoms with Gasteiger partial charge in [-0.25, -0.2) is 4.79 Å². The summed E-state index contributed by atoms with van der Waals surface area (Å²) in [7, 11) is 0. The van der Waals surface area contributed by atoms with Gasteiger partial charge in [0.1, 0.15) is 5.60 Å². The van der Waals surface area contributed by atoms with E-state index in [1.165, 1.54) is 0 Å². The van der Waals surface area contributed by atoms with Crippen LogP contribution in [0.1, 0.15) is 46.5 Å². The molecule has 2 aliphatic rings. The molecule has 110 valence electrons. The van der Waals surface area contributed by atoms with Crippen LogP contribution in [0, 0.1) is 0 Å². The third-order valence-corrected chi connectivity index (χ3v) is 3.75. The van der Waals surface area contributed by atoms with E-state index in [1.54, 1.807) is 0 Å². The van der Waals surface area contributed by atoms with Gasteiger partial charge >= 0.3 is 6.09 Å². The molecule has 1 saturated carbocycles. The zero-order valence-electron chi connectivity index (χ0n) is 12.2. The summed E-state index contributed by atoms with van der Waals surface area (Å²) >= 11 is 0. The largest absolute Gasteiger partial charge is 0.444 e. The molecule has 1 saturated heterocycles. The molecule has 0 aromatic rings. The van der Waals surface area contributed by atoms with E-state index in [2.05, 4.69) is 0 Å². The van der Waals surface area contributed by atoms with Gasteiger partial charge in [-0.05, 0) is 46.5 Å². The predicted molar refractivity (Wildman–Crippen MR) is 72.9 cm³/mol. The van der Waals surface area contributed by atoms with E-state index in [-0.39, 0.29) is 24.2 Å². The third-order valence-electron chi connectivity index (χ3n) is 3.75. The fourth-order valence-electron chi connectivity index (χ4n) is 2.67. The number of carbonyl (C=O) groups excluding carboxylic acids is 1. The molecule has 2 rings (SSSR count). The molecule has 0 aromatic carbocycles. The molecule has 0 radical (unpaired) electrons. The number of rotatable bonds is 2. The molecule has 1 aliphatic heterocycles. The van der Waals surface area contributed by atoms with Gasteiger partial charge in [-0.2, -0.15) is 0 Å². The molecule has 5 heteroatoms. The van der Waals surface area contributed by atoms with E-state index in [0.29, 0.717) is 13.2 Å². The Hall–Kier alpha value is -0.810. The fraction of sp³-hybridized carbons (Fsp3) is 0.929. The van der Waals surface area contributed by atoms with Crippen LogP contribution in [-0.2, 0) is 9.47 Å². The van der Waals surface area contributed by atoms with Gasteiger partial charge < -0.3 is 15.2 Å². The quantitative estimate of drug-likeness (QED) is 0.832. The summed E-state index contributed by atoms with van der Waals surface area (Å²) in [6.07, 6.45) is 3.70. The summed E-state index contributed by atoms with van der Waals surface area (Å²) in [4.78, 5) is 14.3. The molecular formula is C14H26N2O3. The molecule has 0 aromatic heterocycles. The average Bonchev–Trinajstić information content (AvgIpc) is 2.22. The Kier molecular flexibility index (Phi) is 4.36. The van der Waals surface area contributed by atoms with Crippen LogP contribution in [0.15, 0.2) is 0 Å². The van der Waals surface area contributed by atoms with E-state index in [4.69, 9.17) is 15.2 Å². The van der Waals surface area contributed by atoms with Crippen molar-refractivity contribution in [1.82, 2.24) is 4.90 Å². The van der Waals surface area contributed by atoms with E-state index in [9.17, 15) is 4.79 Å². The van der Waals surface area contributed by atoms with Crippen molar-refractivity contribution in [3.8, 4) is 0 Å². The Labute approximate surface area is 115 Å². The molecule has 5 nitrogen and oxygen atoms in total. The minimum Gasteiger partial charge on any atom is -0.444 e. The van der Waals surface area contributed by atoms with Gasteiger partial charge in [0.2, 0.25) is 0 Å². The summed E-state index contributed by atoms with van der Waals surface area (Å²) < 4.78 is 10.8. The van der Waals surface area contributed by atoms with Crippen molar-refractivity contribution in [2.24, 2.45) is 5.73 Å². The Morgan fingerprint density at radius 3 is 2.16 bits per heavy atom. The van der Waals surface area contributed by atoms with Crippen LogP contribution in [0.4, 0.5) is 4.79 Å². The maximum atomic E-state index is 12.4. The highest BCUT2D eigenvalue weighted by molar-refractivity contribution is 5.69. The van der Waals surface area contributed by atoms with Crippen molar-refractivity contribution < 1.29 is 14.3 Å². The molecule has 19 heavy (non-hydrogen) atoms. The molecule has 0 bridgehead atoms. The number of ether oxygens (including phenoxy) is 2. The maximum absolute atomic E-state index is 12.4. The standard InChI is InChI=1S/C14H26N2O3/c1-14(2,3)19-13(17)16(12-8-18-9-12)11-6-4-10(15)5-7-11/h10-12H,4-9,15H2,1-3H3. The lowest BCUT2D eigenvalue weighted by atomic mass is 9.90. The topological polar surface area (TPSA) is 64.8 Å². The Bertz CT molecular complexity index is 315. The minimum atomic E-state index is -0.453. The molecule has 1 aliphatic carbocycles. The van der Waals surface area contributed by atoms with Gasteiger partial charge in [-0.3, -0.25) is 4.90 Å². The van der Waals surface area contributed by atoms with Crippen LogP contribution < -0.4 is 5.73 Å². The minimum absolute atomic E-state index is 0.175. The third kappa shape index (κ3) is 3.83. The lowest BCUT2D eigenvalue weighted by Crippen LogP contribution is -2.58. The first-order valence-corrected chi connectivity index (χ1v) is 7.21. The lowest BCUT2D eigenvalue weighted by Gasteiger charge is -2.44. The van der Waals surface area contributed by atoms with Crippen LogP contribution in [0.5, 0.6) is 0 Å². The van der Waals surface area contributed by atoms with E-state index < -0.39 is 5.60 Å². The molecule has 0 spiro atoms. The highest BCUT2D eigenvalue weighted by atomic mass is 16.6. The normalized spacial score (nSPS) is 28.6. The molecule has 2 N–H and O–H groups in total. The van der Waals surface area contributed by atoms with Gasteiger partial charge in [-0.15, -0.1) is 0 Å². The first-order valence-electron chi connectivity index (χ1n) is 7.21. The lowest BCUT2D eigenvalue weighted by molar-refractivity contribution is -0.0868. The number of carbonyl (C=O) groups is 1. The van der Waals surface area contributed by atoms with Crippen molar-refractivity contribution in [1.29, 1.82) is 0 Å². The van der Waals surface area contributed by atoms with Gasteiger partial charge in [0.15, 0.2) is 0 Å². The zero-order chi connectivity index (χ0) is 14.0. The number of nitrogens with two attached hydrogens (primary N) is 1. The van der Waals surface area contributed by atoms with Gasteiger partial charge in [0.25, 0.3) is 0 Å². The summed E-state index contributed by atoms with van der Waals surface area (Å²) in [5, 5.41) is 0. The average molecular weight is 270 g/mol. The van der Waals surface area contributed by atoms with E-state index >= 15 is 0 Å². The second-order valence-electron chi connectivity index (χ2n) is 6.65. The predicted octanol–water partition coefficient (Wildman–Crippen LogP) is 1.89. The van der Waals surface area contributed by atoms with Crippen LogP contribution in [0.2, 0.25) is 0 Å². The van der Waals surface area contributed by atoms with Crippen molar-refractivity contribution >= 4 is 6.09 Å². The number of nitrogens with zero attached hydrogens (tertiary/aromatic N) is 1. The SMILES string of the molecule is CC(C)(C)OC(=O)N(C1CCC(N)CC1)C1COC1. The van der Waals surface area contributed by atoms with Gasteiger partial charge in [0, 0.05) is 12.1 Å². The van der Waals surface area contributed by atoms with Crippen molar-refractivity contribution in [3.63, 3.8) is 0 Å². The summed E-state index contributed by atoms with van der Waals surface area (Å²) in [5.74, 6) is 0. The smallest absolute Gasteiger partial charge is 0.410 e. The van der Waals surface area contributed by atoms with E-state index in [0.717, 1.165) is 25.7 Å². The first-order chi connectivity index (χ1) is 8.87. The fourth-order valence-corrected chi connectivity index (χ4v) is 2.67. The molecule has 0 atom stereocenters. The molecular weight excluding hydrogens is 244 g/mol. The highest BCUT2D eigenvalue weighted by Gasteiger charge is 2.38. The number of hydrogen-bond acceptors (Lipinski definition) is 4. The molecule has 1 amide bonds.